The van der Waals surface area contributed by atoms with E-state index >= 15 is 0 Å². The molecule has 0 aromatic heterocycles. The Kier molecular flexibility index (Phi) is 3.78. The van der Waals surface area contributed by atoms with Gasteiger partial charge in [-0.05, 0) is 56.5 Å². The Morgan fingerprint density at radius 3 is 2.00 bits per heavy atom. The number of hydrogen-bond donors (Lipinski definition) is 1. The molecule has 1 aliphatic rings. The van der Waals surface area contributed by atoms with Gasteiger partial charge in [0.25, 0.3) is 0 Å². The molecule has 1 rings (SSSR count). The smallest absolute Gasteiger partial charge is 0.00235 e. The van der Waals surface area contributed by atoms with Gasteiger partial charge in [-0.2, -0.15) is 0 Å². The molecule has 0 unspecified atom stereocenters. The molecule has 1 aliphatic carbocycles. The molecule has 1 N–H and O–H groups in total. The Balaban J connectivity index is 2.30. The van der Waals surface area contributed by atoms with Gasteiger partial charge >= 0.3 is 0 Å². The highest BCUT2D eigenvalue weighted by Crippen LogP contribution is 2.39. The van der Waals surface area contributed by atoms with Crippen molar-refractivity contribution in [1.29, 1.82) is 0 Å². The van der Waals surface area contributed by atoms with Gasteiger partial charge in [-0.3, -0.25) is 0 Å². The molecule has 0 amide bonds. The van der Waals surface area contributed by atoms with Gasteiger partial charge in [-0.1, -0.05) is 20.8 Å². The molecule has 78 valence electrons. The van der Waals surface area contributed by atoms with Crippen LogP contribution in [-0.2, 0) is 0 Å². The van der Waals surface area contributed by atoms with Gasteiger partial charge in [-0.25, -0.2) is 0 Å². The third kappa shape index (κ3) is 3.30. The number of nitrogens with one attached hydrogen (secondary N) is 1. The largest absolute Gasteiger partial charge is 0.319 e. The summed E-state index contributed by atoms with van der Waals surface area (Å²) in [5.74, 6) is 1.91. The average Bonchev–Trinajstić information content (AvgIpc) is 2.04. The zero-order chi connectivity index (χ0) is 9.90. The van der Waals surface area contributed by atoms with E-state index in [1.807, 2.05) is 0 Å². The van der Waals surface area contributed by atoms with Crippen molar-refractivity contribution < 1.29 is 0 Å². The summed E-state index contributed by atoms with van der Waals surface area (Å²) in [6.07, 6.45) is 5.75. The van der Waals surface area contributed by atoms with Crippen LogP contribution < -0.4 is 5.32 Å². The van der Waals surface area contributed by atoms with E-state index in [0.717, 1.165) is 11.8 Å². The zero-order valence-corrected chi connectivity index (χ0v) is 9.69. The second kappa shape index (κ2) is 4.45. The molecule has 1 saturated carbocycles. The molecule has 0 aliphatic heterocycles. The van der Waals surface area contributed by atoms with Gasteiger partial charge in [-0.15, -0.1) is 0 Å². The maximum absolute atomic E-state index is 3.29. The van der Waals surface area contributed by atoms with E-state index < -0.39 is 0 Å². The average molecular weight is 183 g/mol. The second-order valence-corrected chi connectivity index (χ2v) is 5.64. The van der Waals surface area contributed by atoms with Crippen molar-refractivity contribution >= 4 is 0 Å². The molecule has 0 saturated heterocycles. The first-order valence-corrected chi connectivity index (χ1v) is 5.68. The van der Waals surface area contributed by atoms with Gasteiger partial charge in [0.05, 0.1) is 0 Å². The van der Waals surface area contributed by atoms with Crippen LogP contribution >= 0.6 is 0 Å². The predicted molar refractivity (Wildman–Crippen MR) is 58.8 cm³/mol. The van der Waals surface area contributed by atoms with Crippen LogP contribution in [0.1, 0.15) is 46.5 Å². The Hall–Kier alpha value is -0.0400. The van der Waals surface area contributed by atoms with Crippen molar-refractivity contribution in [2.45, 2.75) is 46.5 Å². The van der Waals surface area contributed by atoms with Crippen LogP contribution in [0.5, 0.6) is 0 Å². The molecule has 0 bridgehead atoms. The third-order valence-electron chi connectivity index (χ3n) is 3.56. The summed E-state index contributed by atoms with van der Waals surface area (Å²) in [6, 6.07) is 0. The SMILES string of the molecule is CNCC1CCC(C(C)(C)C)CC1. The topological polar surface area (TPSA) is 12.0 Å². The minimum absolute atomic E-state index is 0.532. The molecule has 0 radical (unpaired) electrons. The minimum Gasteiger partial charge on any atom is -0.319 e. The van der Waals surface area contributed by atoms with Crippen molar-refractivity contribution in [1.82, 2.24) is 5.32 Å². The van der Waals surface area contributed by atoms with Crippen LogP contribution in [0, 0.1) is 17.3 Å². The molecule has 0 heterocycles. The monoisotopic (exact) mass is 183 g/mol. The Labute approximate surface area is 83.3 Å². The van der Waals surface area contributed by atoms with E-state index in [0.29, 0.717) is 5.41 Å². The molecule has 0 aromatic rings. The summed E-state index contributed by atoms with van der Waals surface area (Å²) in [4.78, 5) is 0. The number of hydrogen-bond acceptors (Lipinski definition) is 1. The fourth-order valence-electron chi connectivity index (χ4n) is 2.52. The molecule has 0 aromatic carbocycles. The highest BCUT2D eigenvalue weighted by molar-refractivity contribution is 4.80. The molecular weight excluding hydrogens is 158 g/mol. The standard InChI is InChI=1S/C12H25N/c1-12(2,3)11-7-5-10(6-8-11)9-13-4/h10-11,13H,5-9H2,1-4H3. The second-order valence-electron chi connectivity index (χ2n) is 5.64. The van der Waals surface area contributed by atoms with Gasteiger partial charge < -0.3 is 5.32 Å². The quantitative estimate of drug-likeness (QED) is 0.694. The van der Waals surface area contributed by atoms with E-state index in [2.05, 4.69) is 33.1 Å². The fourth-order valence-corrected chi connectivity index (χ4v) is 2.52. The van der Waals surface area contributed by atoms with Crippen LogP contribution in [0.4, 0.5) is 0 Å². The van der Waals surface area contributed by atoms with E-state index in [9.17, 15) is 0 Å². The molecule has 1 fully saturated rings. The highest BCUT2D eigenvalue weighted by Gasteiger charge is 2.29. The molecule has 13 heavy (non-hydrogen) atoms. The Morgan fingerprint density at radius 1 is 1.08 bits per heavy atom. The van der Waals surface area contributed by atoms with E-state index in [1.54, 1.807) is 0 Å². The lowest BCUT2D eigenvalue weighted by atomic mass is 9.70. The molecular formula is C12H25N. The lowest BCUT2D eigenvalue weighted by molar-refractivity contribution is 0.150. The van der Waals surface area contributed by atoms with Gasteiger partial charge in [0, 0.05) is 0 Å². The van der Waals surface area contributed by atoms with E-state index in [1.165, 1.54) is 32.2 Å². The van der Waals surface area contributed by atoms with Gasteiger partial charge in [0.1, 0.15) is 0 Å². The van der Waals surface area contributed by atoms with Crippen LogP contribution in [-0.4, -0.2) is 13.6 Å². The predicted octanol–water partition coefficient (Wildman–Crippen LogP) is 3.06. The molecule has 1 heteroatoms. The summed E-state index contributed by atoms with van der Waals surface area (Å²) in [5.41, 5.74) is 0.532. The normalized spacial score (nSPS) is 30.5. The van der Waals surface area contributed by atoms with Crippen LogP contribution in [0.15, 0.2) is 0 Å². The molecule has 0 spiro atoms. The van der Waals surface area contributed by atoms with Crippen LogP contribution in [0.2, 0.25) is 0 Å². The first-order valence-electron chi connectivity index (χ1n) is 5.68. The Bertz CT molecular complexity index is 138. The van der Waals surface area contributed by atoms with Gasteiger partial charge in [0.2, 0.25) is 0 Å². The summed E-state index contributed by atoms with van der Waals surface area (Å²) >= 11 is 0. The van der Waals surface area contributed by atoms with E-state index in [-0.39, 0.29) is 0 Å². The molecule has 1 nitrogen and oxygen atoms in total. The van der Waals surface area contributed by atoms with Crippen molar-refractivity contribution in [3.05, 3.63) is 0 Å². The lowest BCUT2D eigenvalue weighted by Gasteiger charge is -2.36. The fraction of sp³-hybridized carbons (Fsp3) is 1.00. The first kappa shape index (κ1) is 11.0. The summed E-state index contributed by atoms with van der Waals surface area (Å²) < 4.78 is 0. The van der Waals surface area contributed by atoms with Crippen molar-refractivity contribution in [3.63, 3.8) is 0 Å². The maximum Gasteiger partial charge on any atom is -0.00235 e. The summed E-state index contributed by atoms with van der Waals surface area (Å²) in [7, 11) is 2.07. The lowest BCUT2D eigenvalue weighted by Crippen LogP contribution is -2.29. The summed E-state index contributed by atoms with van der Waals surface area (Å²) in [6.45, 7) is 8.37. The van der Waals surface area contributed by atoms with Crippen molar-refractivity contribution in [2.75, 3.05) is 13.6 Å². The third-order valence-corrected chi connectivity index (χ3v) is 3.56. The van der Waals surface area contributed by atoms with E-state index in [4.69, 9.17) is 0 Å². The minimum atomic E-state index is 0.532. The van der Waals surface area contributed by atoms with Gasteiger partial charge in [0.15, 0.2) is 0 Å². The zero-order valence-electron chi connectivity index (χ0n) is 9.69. The number of rotatable bonds is 2. The van der Waals surface area contributed by atoms with Crippen LogP contribution in [0.25, 0.3) is 0 Å². The highest BCUT2D eigenvalue weighted by atomic mass is 14.8. The van der Waals surface area contributed by atoms with Crippen molar-refractivity contribution in [3.8, 4) is 0 Å². The van der Waals surface area contributed by atoms with Crippen molar-refractivity contribution in [2.24, 2.45) is 17.3 Å². The first-order chi connectivity index (χ1) is 6.04. The maximum atomic E-state index is 3.29. The molecule has 0 atom stereocenters. The Morgan fingerprint density at radius 2 is 1.62 bits per heavy atom. The summed E-state index contributed by atoms with van der Waals surface area (Å²) in [5, 5.41) is 3.29. The van der Waals surface area contributed by atoms with Crippen LogP contribution in [0.3, 0.4) is 0 Å².